The molecule has 0 spiro atoms. The van der Waals surface area contributed by atoms with E-state index < -0.39 is 5.97 Å². The molecule has 0 amide bonds. The molecule has 0 aliphatic carbocycles. The third kappa shape index (κ3) is 18.3. The molecule has 3 heteroatoms. The number of hydrogen-bond acceptors (Lipinski definition) is 1. The van der Waals surface area contributed by atoms with Crippen LogP contribution in [0.5, 0.6) is 0 Å². The molecule has 0 aromatic rings. The van der Waals surface area contributed by atoms with Gasteiger partial charge in [0.05, 0.1) is 0 Å². The second kappa shape index (κ2) is 16.3. The van der Waals surface area contributed by atoms with Crippen LogP contribution in [-0.4, -0.2) is 11.1 Å². The van der Waals surface area contributed by atoms with Crippen LogP contribution in [0.4, 0.5) is 0 Å². The van der Waals surface area contributed by atoms with Gasteiger partial charge < -0.3 is 5.11 Å². The van der Waals surface area contributed by atoms with E-state index in [2.05, 4.69) is 39.6 Å². The summed E-state index contributed by atoms with van der Waals surface area (Å²) in [7, 11) is 0. The van der Waals surface area contributed by atoms with Crippen molar-refractivity contribution in [2.75, 3.05) is 0 Å². The molecule has 0 fully saturated rings. The minimum absolute atomic E-state index is 0.262. The van der Waals surface area contributed by atoms with Crippen molar-refractivity contribution >= 4 is 21.9 Å². The van der Waals surface area contributed by atoms with E-state index >= 15 is 0 Å². The lowest BCUT2D eigenvalue weighted by molar-refractivity contribution is -0.137. The molecule has 0 atom stereocenters. The predicted octanol–water partition coefficient (Wildman–Crippen LogP) is 4.83. The zero-order chi connectivity index (χ0) is 15.6. The monoisotopic (exact) mass is 348 g/mol. The number of halogens is 1. The van der Waals surface area contributed by atoms with E-state index in [0.29, 0.717) is 0 Å². The largest absolute Gasteiger partial charge is 0.481 e. The summed E-state index contributed by atoms with van der Waals surface area (Å²) in [5.41, 5.74) is 0. The molecule has 0 aromatic heterocycles. The molecule has 0 aliphatic heterocycles. The van der Waals surface area contributed by atoms with Gasteiger partial charge in [0.2, 0.25) is 0 Å². The first-order chi connectivity index (χ1) is 10.3. The lowest BCUT2D eigenvalue weighted by Crippen LogP contribution is -1.93. The summed E-state index contributed by atoms with van der Waals surface area (Å²) in [6.45, 7) is 0. The van der Waals surface area contributed by atoms with Gasteiger partial charge in [-0.2, -0.15) is 0 Å². The van der Waals surface area contributed by atoms with Crippen molar-refractivity contribution in [2.24, 2.45) is 0 Å². The number of hydrogen-bond donors (Lipinski definition) is 1. The minimum atomic E-state index is -0.719. The highest BCUT2D eigenvalue weighted by Gasteiger charge is 1.94. The number of allylic oxidation sites excluding steroid dienone is 5. The highest BCUT2D eigenvalue weighted by atomic mass is 79.9. The van der Waals surface area contributed by atoms with E-state index in [4.69, 9.17) is 5.11 Å². The van der Waals surface area contributed by atoms with Crippen LogP contribution in [0, 0.1) is 23.7 Å². The van der Waals surface area contributed by atoms with Gasteiger partial charge in [-0.25, -0.2) is 0 Å². The first-order valence-corrected chi connectivity index (χ1v) is 7.95. The second-order valence-corrected chi connectivity index (χ2v) is 4.77. The molecular weight excluding hydrogens is 328 g/mol. The molecule has 0 aromatic carbocycles. The van der Waals surface area contributed by atoms with Gasteiger partial charge in [-0.3, -0.25) is 4.79 Å². The Bertz CT molecular complexity index is 479. The number of carboxylic acids is 1. The van der Waals surface area contributed by atoms with E-state index in [1.54, 1.807) is 11.1 Å². The fourth-order valence-electron chi connectivity index (χ4n) is 1.40. The Morgan fingerprint density at radius 2 is 1.62 bits per heavy atom. The molecule has 0 unspecified atom stereocenters. The van der Waals surface area contributed by atoms with Crippen LogP contribution in [0.2, 0.25) is 0 Å². The molecule has 2 nitrogen and oxygen atoms in total. The Balaban J connectivity index is 3.50. The van der Waals surface area contributed by atoms with Crippen LogP contribution in [0.3, 0.4) is 0 Å². The Kier molecular flexibility index (Phi) is 15.0. The van der Waals surface area contributed by atoms with Crippen molar-refractivity contribution in [3.63, 3.8) is 0 Å². The van der Waals surface area contributed by atoms with E-state index in [0.717, 1.165) is 38.5 Å². The van der Waals surface area contributed by atoms with Gasteiger partial charge in [0, 0.05) is 12.8 Å². The molecule has 0 heterocycles. The maximum Gasteiger partial charge on any atom is 0.303 e. The van der Waals surface area contributed by atoms with Crippen LogP contribution < -0.4 is 0 Å². The van der Waals surface area contributed by atoms with E-state index in [9.17, 15) is 4.79 Å². The average molecular weight is 349 g/mol. The molecule has 0 saturated heterocycles. The van der Waals surface area contributed by atoms with Gasteiger partial charge in [-0.05, 0) is 48.9 Å². The van der Waals surface area contributed by atoms with Crippen LogP contribution in [0.15, 0.2) is 35.4 Å². The third-order valence-corrected chi connectivity index (χ3v) is 2.69. The first-order valence-electron chi connectivity index (χ1n) is 7.04. The zero-order valence-corrected chi connectivity index (χ0v) is 13.7. The molecule has 21 heavy (non-hydrogen) atoms. The van der Waals surface area contributed by atoms with Crippen molar-refractivity contribution in [1.29, 1.82) is 0 Å². The Hall–Kier alpha value is -1.71. The maximum absolute atomic E-state index is 10.3. The molecule has 0 saturated carbocycles. The maximum atomic E-state index is 10.3. The summed E-state index contributed by atoms with van der Waals surface area (Å²) in [6.07, 6.45) is 15.2. The molecule has 0 radical (unpaired) electrons. The van der Waals surface area contributed by atoms with Crippen molar-refractivity contribution < 1.29 is 9.90 Å². The summed E-state index contributed by atoms with van der Waals surface area (Å²) in [5, 5.41) is 8.47. The van der Waals surface area contributed by atoms with Crippen molar-refractivity contribution in [1.82, 2.24) is 0 Å². The highest BCUT2D eigenvalue weighted by Crippen LogP contribution is 2.01. The first kappa shape index (κ1) is 19.3. The standard InChI is InChI=1S/C18H21BrO2/c19-17-15-13-11-9-7-5-3-1-2-4-6-8-10-12-14-16-18(20)21/h1-2,7,9,15,17H,3,5,8,10,12,14,16H2,(H,20,21)/b2-1+,9-7+,17-15-. The van der Waals surface area contributed by atoms with Gasteiger partial charge in [-0.1, -0.05) is 58.2 Å². The minimum Gasteiger partial charge on any atom is -0.481 e. The quantitative estimate of drug-likeness (QED) is 0.503. The summed E-state index contributed by atoms with van der Waals surface area (Å²) >= 11 is 3.14. The van der Waals surface area contributed by atoms with Crippen molar-refractivity contribution in [3.8, 4) is 23.7 Å². The molecular formula is C18H21BrO2. The molecule has 0 rings (SSSR count). The lowest BCUT2D eigenvalue weighted by Gasteiger charge is -1.93. The van der Waals surface area contributed by atoms with Gasteiger partial charge in [0.15, 0.2) is 0 Å². The second-order valence-electron chi connectivity index (χ2n) is 4.24. The van der Waals surface area contributed by atoms with Gasteiger partial charge >= 0.3 is 5.97 Å². The van der Waals surface area contributed by atoms with Crippen LogP contribution in [0.25, 0.3) is 0 Å². The van der Waals surface area contributed by atoms with Gasteiger partial charge in [-0.15, -0.1) is 0 Å². The SMILES string of the molecule is O=C(O)CCCCCC#C/C=C/CC/C=C/C#C/C=C\Br. The number of carboxylic acid groups (broad SMARTS) is 1. The van der Waals surface area contributed by atoms with E-state index in [1.807, 2.05) is 24.3 Å². The number of rotatable bonds is 8. The Morgan fingerprint density at radius 1 is 0.952 bits per heavy atom. The highest BCUT2D eigenvalue weighted by molar-refractivity contribution is 9.11. The zero-order valence-electron chi connectivity index (χ0n) is 12.1. The van der Waals surface area contributed by atoms with Crippen LogP contribution in [-0.2, 0) is 4.79 Å². The molecule has 112 valence electrons. The van der Waals surface area contributed by atoms with Crippen LogP contribution in [0.1, 0.15) is 44.9 Å². The normalized spacial score (nSPS) is 10.5. The topological polar surface area (TPSA) is 37.3 Å². The number of aliphatic carboxylic acids is 1. The summed E-state index contributed by atoms with van der Waals surface area (Å²) in [6, 6.07) is 0. The molecule has 0 bridgehead atoms. The lowest BCUT2D eigenvalue weighted by atomic mass is 10.1. The van der Waals surface area contributed by atoms with Gasteiger partial charge in [0.1, 0.15) is 0 Å². The molecule has 1 N–H and O–H groups in total. The summed E-state index contributed by atoms with van der Waals surface area (Å²) in [5.74, 6) is 11.1. The predicted molar refractivity (Wildman–Crippen MR) is 91.9 cm³/mol. The third-order valence-electron chi connectivity index (χ3n) is 2.43. The summed E-state index contributed by atoms with van der Waals surface area (Å²) < 4.78 is 0. The van der Waals surface area contributed by atoms with Gasteiger partial charge in [0.25, 0.3) is 0 Å². The van der Waals surface area contributed by atoms with E-state index in [1.165, 1.54) is 0 Å². The fourth-order valence-corrected chi connectivity index (χ4v) is 1.53. The smallest absolute Gasteiger partial charge is 0.303 e. The van der Waals surface area contributed by atoms with Crippen molar-refractivity contribution in [3.05, 3.63) is 35.4 Å². The van der Waals surface area contributed by atoms with Crippen LogP contribution >= 0.6 is 15.9 Å². The fraction of sp³-hybridized carbons (Fsp3) is 0.389. The Labute approximate surface area is 136 Å². The average Bonchev–Trinajstić information content (AvgIpc) is 2.46. The summed E-state index contributed by atoms with van der Waals surface area (Å²) in [4.78, 5) is 12.0. The van der Waals surface area contributed by atoms with E-state index in [-0.39, 0.29) is 6.42 Å². The number of unbranched alkanes of at least 4 members (excludes halogenated alkanes) is 4. The molecule has 0 aliphatic rings. The Morgan fingerprint density at radius 3 is 2.29 bits per heavy atom. The number of carbonyl (C=O) groups is 1. The van der Waals surface area contributed by atoms with Crippen molar-refractivity contribution in [2.45, 2.75) is 44.9 Å².